The molecule has 0 saturated heterocycles. The molecule has 7 heteroatoms. The smallest absolute Gasteiger partial charge is 0.251 e. The second-order valence-corrected chi connectivity index (χ2v) is 4.28. The Labute approximate surface area is 115 Å². The van der Waals surface area contributed by atoms with E-state index in [0.717, 1.165) is 0 Å². The molecule has 1 heterocycles. The van der Waals surface area contributed by atoms with Crippen LogP contribution in [0.25, 0.3) is 0 Å². The van der Waals surface area contributed by atoms with Crippen LogP contribution in [0.2, 0.25) is 0 Å². The zero-order valence-corrected chi connectivity index (χ0v) is 10.7. The van der Waals surface area contributed by atoms with Crippen LogP contribution in [0.5, 0.6) is 0 Å². The van der Waals surface area contributed by atoms with E-state index in [1.807, 2.05) is 0 Å². The minimum Gasteiger partial charge on any atom is -0.399 e. The molecule has 0 aliphatic rings. The average molecular weight is 273 g/mol. The molecule has 0 radical (unpaired) electrons. The third-order valence-electron chi connectivity index (χ3n) is 2.68. The third kappa shape index (κ3) is 3.58. The highest BCUT2D eigenvalue weighted by molar-refractivity contribution is 5.92. The molecule has 0 bridgehead atoms. The van der Waals surface area contributed by atoms with E-state index in [1.54, 1.807) is 24.3 Å². The molecule has 104 valence electrons. The molecule has 1 aromatic carbocycles. The van der Waals surface area contributed by atoms with Gasteiger partial charge in [-0.15, -0.1) is 0 Å². The molecule has 0 saturated carbocycles. The molecule has 0 unspecified atom stereocenters. The number of nitrogen functional groups attached to an aromatic ring is 1. The molecule has 1 aromatic heterocycles. The fraction of sp³-hybridized carbons (Fsp3) is 0.154. The van der Waals surface area contributed by atoms with Crippen molar-refractivity contribution in [3.63, 3.8) is 0 Å². The first-order valence-electron chi connectivity index (χ1n) is 6.02. The molecule has 7 nitrogen and oxygen atoms in total. The zero-order valence-electron chi connectivity index (χ0n) is 10.7. The van der Waals surface area contributed by atoms with E-state index in [9.17, 15) is 9.59 Å². The second-order valence-electron chi connectivity index (χ2n) is 4.28. The molecule has 2 amide bonds. The van der Waals surface area contributed by atoms with Crippen molar-refractivity contribution in [1.82, 2.24) is 9.78 Å². The Morgan fingerprint density at radius 3 is 2.55 bits per heavy atom. The first kappa shape index (κ1) is 13.6. The van der Waals surface area contributed by atoms with Crippen molar-refractivity contribution in [2.24, 2.45) is 5.73 Å². The van der Waals surface area contributed by atoms with Gasteiger partial charge in [-0.25, -0.2) is 0 Å². The van der Waals surface area contributed by atoms with Crippen LogP contribution in [0.4, 0.5) is 11.4 Å². The highest BCUT2D eigenvalue weighted by Crippen LogP contribution is 2.10. The standard InChI is InChI=1S/C13H15N5O2/c14-10-1-3-11(4-2-10)17-12(19)5-6-18-8-9(7-16-18)13(15)20/h1-4,7-8H,5-6,14H2,(H2,15,20)(H,17,19). The maximum absolute atomic E-state index is 11.7. The third-order valence-corrected chi connectivity index (χ3v) is 2.68. The van der Waals surface area contributed by atoms with E-state index in [-0.39, 0.29) is 12.3 Å². The monoisotopic (exact) mass is 273 g/mol. The molecule has 2 rings (SSSR count). The van der Waals surface area contributed by atoms with Gasteiger partial charge >= 0.3 is 0 Å². The van der Waals surface area contributed by atoms with Gasteiger partial charge in [0.25, 0.3) is 5.91 Å². The molecular weight excluding hydrogens is 258 g/mol. The van der Waals surface area contributed by atoms with Crippen LogP contribution in [0.15, 0.2) is 36.7 Å². The van der Waals surface area contributed by atoms with Gasteiger partial charge in [0, 0.05) is 30.5 Å². The Bertz CT molecular complexity index is 618. The number of hydrogen-bond donors (Lipinski definition) is 3. The van der Waals surface area contributed by atoms with Crippen molar-refractivity contribution in [3.05, 3.63) is 42.2 Å². The summed E-state index contributed by atoms with van der Waals surface area (Å²) in [6.07, 6.45) is 3.13. The topological polar surface area (TPSA) is 116 Å². The number of amides is 2. The Morgan fingerprint density at radius 1 is 1.25 bits per heavy atom. The number of nitrogens with zero attached hydrogens (tertiary/aromatic N) is 2. The van der Waals surface area contributed by atoms with E-state index in [0.29, 0.717) is 23.5 Å². The van der Waals surface area contributed by atoms with E-state index in [2.05, 4.69) is 10.4 Å². The number of primary amides is 1. The molecular formula is C13H15N5O2. The lowest BCUT2D eigenvalue weighted by Crippen LogP contribution is -2.15. The summed E-state index contributed by atoms with van der Waals surface area (Å²) in [6.45, 7) is 0.369. The Hall–Kier alpha value is -2.83. The van der Waals surface area contributed by atoms with Crippen LogP contribution in [-0.4, -0.2) is 21.6 Å². The quantitative estimate of drug-likeness (QED) is 0.691. The van der Waals surface area contributed by atoms with Gasteiger partial charge in [-0.1, -0.05) is 0 Å². The largest absolute Gasteiger partial charge is 0.399 e. The van der Waals surface area contributed by atoms with Gasteiger partial charge in [-0.2, -0.15) is 5.10 Å². The summed E-state index contributed by atoms with van der Waals surface area (Å²) in [7, 11) is 0. The number of rotatable bonds is 5. The molecule has 2 aromatic rings. The molecule has 0 aliphatic carbocycles. The minimum absolute atomic E-state index is 0.147. The van der Waals surface area contributed by atoms with Crippen molar-refractivity contribution >= 4 is 23.2 Å². The predicted octanol–water partition coefficient (Wildman–Crippen LogP) is 0.593. The summed E-state index contributed by atoms with van der Waals surface area (Å²) in [6, 6.07) is 6.88. The Balaban J connectivity index is 1.85. The van der Waals surface area contributed by atoms with Crippen molar-refractivity contribution in [3.8, 4) is 0 Å². The number of anilines is 2. The Morgan fingerprint density at radius 2 is 1.95 bits per heavy atom. The van der Waals surface area contributed by atoms with E-state index in [1.165, 1.54) is 17.1 Å². The van der Waals surface area contributed by atoms with Crippen molar-refractivity contribution < 1.29 is 9.59 Å². The van der Waals surface area contributed by atoms with Crippen LogP contribution in [-0.2, 0) is 11.3 Å². The SMILES string of the molecule is NC(=O)c1cnn(CCC(=O)Nc2ccc(N)cc2)c1. The van der Waals surface area contributed by atoms with Gasteiger partial charge in [0.1, 0.15) is 0 Å². The summed E-state index contributed by atoms with van der Waals surface area (Å²) in [5.74, 6) is -0.687. The van der Waals surface area contributed by atoms with Gasteiger partial charge in [0.15, 0.2) is 0 Å². The van der Waals surface area contributed by atoms with Crippen LogP contribution >= 0.6 is 0 Å². The first-order chi connectivity index (χ1) is 9.54. The maximum Gasteiger partial charge on any atom is 0.251 e. The molecule has 20 heavy (non-hydrogen) atoms. The summed E-state index contributed by atoms with van der Waals surface area (Å²) in [5.41, 5.74) is 12.3. The van der Waals surface area contributed by atoms with Crippen LogP contribution < -0.4 is 16.8 Å². The average Bonchev–Trinajstić information content (AvgIpc) is 2.88. The molecule has 0 fully saturated rings. The minimum atomic E-state index is -0.539. The van der Waals surface area contributed by atoms with Crippen LogP contribution in [0, 0.1) is 0 Å². The van der Waals surface area contributed by atoms with Gasteiger partial charge in [0.2, 0.25) is 5.91 Å². The number of aryl methyl sites for hydroxylation is 1. The predicted molar refractivity (Wildman–Crippen MR) is 74.8 cm³/mol. The van der Waals surface area contributed by atoms with Gasteiger partial charge in [-0.3, -0.25) is 14.3 Å². The number of nitrogens with one attached hydrogen (secondary N) is 1. The maximum atomic E-state index is 11.7. The number of carbonyl (C=O) groups is 2. The highest BCUT2D eigenvalue weighted by atomic mass is 16.2. The summed E-state index contributed by atoms with van der Waals surface area (Å²) in [4.78, 5) is 22.6. The Kier molecular flexibility index (Phi) is 3.99. The van der Waals surface area contributed by atoms with E-state index >= 15 is 0 Å². The van der Waals surface area contributed by atoms with Crippen molar-refractivity contribution in [2.75, 3.05) is 11.1 Å². The summed E-state index contributed by atoms with van der Waals surface area (Å²) >= 11 is 0. The lowest BCUT2D eigenvalue weighted by Gasteiger charge is -2.05. The molecule has 5 N–H and O–H groups in total. The number of nitrogens with two attached hydrogens (primary N) is 2. The van der Waals surface area contributed by atoms with Gasteiger partial charge < -0.3 is 16.8 Å². The van der Waals surface area contributed by atoms with E-state index < -0.39 is 5.91 Å². The van der Waals surface area contributed by atoms with E-state index in [4.69, 9.17) is 11.5 Å². The van der Waals surface area contributed by atoms with Gasteiger partial charge in [0.05, 0.1) is 11.8 Å². The summed E-state index contributed by atoms with van der Waals surface area (Å²) in [5, 5.41) is 6.69. The first-order valence-corrected chi connectivity index (χ1v) is 6.02. The molecule has 0 spiro atoms. The molecule has 0 atom stereocenters. The highest BCUT2D eigenvalue weighted by Gasteiger charge is 2.06. The van der Waals surface area contributed by atoms with Crippen LogP contribution in [0.3, 0.4) is 0 Å². The van der Waals surface area contributed by atoms with Crippen molar-refractivity contribution in [2.45, 2.75) is 13.0 Å². The van der Waals surface area contributed by atoms with Crippen LogP contribution in [0.1, 0.15) is 16.8 Å². The van der Waals surface area contributed by atoms with Crippen molar-refractivity contribution in [1.29, 1.82) is 0 Å². The normalized spacial score (nSPS) is 10.2. The number of hydrogen-bond acceptors (Lipinski definition) is 4. The zero-order chi connectivity index (χ0) is 14.5. The number of benzene rings is 1. The lowest BCUT2D eigenvalue weighted by atomic mass is 10.3. The number of carbonyl (C=O) groups excluding carboxylic acids is 2. The number of aromatic nitrogens is 2. The summed E-state index contributed by atoms with van der Waals surface area (Å²) < 4.78 is 1.50. The second kappa shape index (κ2) is 5.87. The lowest BCUT2D eigenvalue weighted by molar-refractivity contribution is -0.116. The fourth-order valence-electron chi connectivity index (χ4n) is 1.62. The van der Waals surface area contributed by atoms with Gasteiger partial charge in [-0.05, 0) is 24.3 Å². The molecule has 0 aliphatic heterocycles. The fourth-order valence-corrected chi connectivity index (χ4v) is 1.62.